The lowest BCUT2D eigenvalue weighted by Gasteiger charge is -2.17. The van der Waals surface area contributed by atoms with E-state index in [1.165, 1.54) is 18.5 Å². The highest BCUT2D eigenvalue weighted by Gasteiger charge is 2.12. The molecule has 5 nitrogen and oxygen atoms in total. The molecule has 0 spiro atoms. The number of benzene rings is 2. The van der Waals surface area contributed by atoms with Crippen LogP contribution in [0, 0.1) is 6.92 Å². The highest BCUT2D eigenvalue weighted by Crippen LogP contribution is 2.20. The number of amides is 1. The maximum Gasteiger partial charge on any atom is 0.271 e. The third-order valence-corrected chi connectivity index (χ3v) is 4.45. The van der Waals surface area contributed by atoms with Gasteiger partial charge in [0.1, 0.15) is 5.75 Å². The Labute approximate surface area is 148 Å². The monoisotopic (exact) mass is 337 g/mol. The number of hydrogen-bond donors (Lipinski definition) is 1. The molecule has 25 heavy (non-hydrogen) atoms. The minimum absolute atomic E-state index is 0.213. The lowest BCUT2D eigenvalue weighted by molar-refractivity contribution is 0.0955. The van der Waals surface area contributed by atoms with Gasteiger partial charge in [0.05, 0.1) is 13.3 Å². The second kappa shape index (κ2) is 7.83. The predicted octanol–water partition coefficient (Wildman–Crippen LogP) is 3.37. The van der Waals surface area contributed by atoms with Gasteiger partial charge >= 0.3 is 0 Å². The topological polar surface area (TPSA) is 53.9 Å². The smallest absolute Gasteiger partial charge is 0.271 e. The minimum atomic E-state index is -0.213. The lowest BCUT2D eigenvalue weighted by atomic mass is 10.1. The van der Waals surface area contributed by atoms with E-state index in [1.54, 1.807) is 13.3 Å². The van der Waals surface area contributed by atoms with Crippen molar-refractivity contribution in [2.75, 3.05) is 25.1 Å². The number of hydrogen-bond acceptors (Lipinski definition) is 4. The maximum atomic E-state index is 12.2. The molecule has 1 heterocycles. The van der Waals surface area contributed by atoms with Gasteiger partial charge in [-0.1, -0.05) is 0 Å². The van der Waals surface area contributed by atoms with E-state index >= 15 is 0 Å². The van der Waals surface area contributed by atoms with Crippen molar-refractivity contribution >= 4 is 17.8 Å². The van der Waals surface area contributed by atoms with Crippen LogP contribution in [0.2, 0.25) is 0 Å². The van der Waals surface area contributed by atoms with Gasteiger partial charge in [0.15, 0.2) is 0 Å². The molecule has 1 aliphatic heterocycles. The summed E-state index contributed by atoms with van der Waals surface area (Å²) in [6.07, 6.45) is 4.12. The van der Waals surface area contributed by atoms with Crippen molar-refractivity contribution in [2.45, 2.75) is 19.8 Å². The Balaban J connectivity index is 1.60. The highest BCUT2D eigenvalue weighted by molar-refractivity contribution is 5.95. The molecule has 0 aromatic heterocycles. The highest BCUT2D eigenvalue weighted by atomic mass is 16.5. The van der Waals surface area contributed by atoms with E-state index in [-0.39, 0.29) is 5.91 Å². The van der Waals surface area contributed by atoms with Gasteiger partial charge in [0.2, 0.25) is 0 Å². The zero-order valence-electron chi connectivity index (χ0n) is 14.7. The van der Waals surface area contributed by atoms with E-state index in [9.17, 15) is 4.79 Å². The van der Waals surface area contributed by atoms with Crippen LogP contribution in [-0.2, 0) is 0 Å². The Morgan fingerprint density at radius 3 is 2.52 bits per heavy atom. The van der Waals surface area contributed by atoms with Crippen LogP contribution in [0.5, 0.6) is 5.75 Å². The average molecular weight is 337 g/mol. The quantitative estimate of drug-likeness (QED) is 0.672. The molecule has 0 saturated carbocycles. The molecule has 0 aliphatic carbocycles. The number of aryl methyl sites for hydroxylation is 1. The van der Waals surface area contributed by atoms with Crippen LogP contribution in [0.4, 0.5) is 5.69 Å². The molecule has 0 radical (unpaired) electrons. The van der Waals surface area contributed by atoms with Crippen molar-refractivity contribution in [2.24, 2.45) is 5.10 Å². The summed E-state index contributed by atoms with van der Waals surface area (Å²) in [4.78, 5) is 14.5. The molecule has 5 heteroatoms. The number of nitrogens with one attached hydrogen (secondary N) is 1. The van der Waals surface area contributed by atoms with Crippen LogP contribution in [0.3, 0.4) is 0 Å². The van der Waals surface area contributed by atoms with Crippen molar-refractivity contribution in [3.05, 3.63) is 59.2 Å². The number of carbonyl (C=O) groups is 1. The molecule has 1 N–H and O–H groups in total. The van der Waals surface area contributed by atoms with Crippen molar-refractivity contribution in [1.82, 2.24) is 5.43 Å². The molecule has 1 fully saturated rings. The number of hydrazone groups is 1. The minimum Gasteiger partial charge on any atom is -0.497 e. The van der Waals surface area contributed by atoms with E-state index in [4.69, 9.17) is 4.74 Å². The summed E-state index contributed by atoms with van der Waals surface area (Å²) < 4.78 is 5.18. The van der Waals surface area contributed by atoms with Crippen molar-refractivity contribution in [1.29, 1.82) is 0 Å². The van der Waals surface area contributed by atoms with Gasteiger partial charge in [-0.2, -0.15) is 5.10 Å². The first-order valence-electron chi connectivity index (χ1n) is 8.50. The third kappa shape index (κ3) is 4.18. The molecule has 3 rings (SSSR count). The molecule has 1 saturated heterocycles. The van der Waals surface area contributed by atoms with E-state index < -0.39 is 0 Å². The first kappa shape index (κ1) is 17.0. The van der Waals surface area contributed by atoms with Crippen LogP contribution in [0.1, 0.15) is 34.3 Å². The van der Waals surface area contributed by atoms with Crippen LogP contribution < -0.4 is 15.1 Å². The summed E-state index contributed by atoms with van der Waals surface area (Å²) in [5.41, 5.74) is 6.32. The number of methoxy groups -OCH3 is 1. The fourth-order valence-corrected chi connectivity index (χ4v) is 2.94. The van der Waals surface area contributed by atoms with Crippen molar-refractivity contribution in [3.63, 3.8) is 0 Å². The number of nitrogens with zero attached hydrogens (tertiary/aromatic N) is 2. The number of ether oxygens (including phenoxy) is 1. The van der Waals surface area contributed by atoms with Gasteiger partial charge in [0, 0.05) is 24.3 Å². The molecule has 2 aromatic rings. The van der Waals surface area contributed by atoms with Gasteiger partial charge < -0.3 is 9.64 Å². The van der Waals surface area contributed by atoms with Crippen LogP contribution in [0.15, 0.2) is 47.6 Å². The zero-order valence-corrected chi connectivity index (χ0v) is 14.7. The van der Waals surface area contributed by atoms with Gasteiger partial charge in [0.25, 0.3) is 5.91 Å². The van der Waals surface area contributed by atoms with E-state index in [0.717, 1.165) is 30.0 Å². The average Bonchev–Trinajstić information content (AvgIpc) is 3.17. The Hall–Kier alpha value is -2.82. The summed E-state index contributed by atoms with van der Waals surface area (Å²) in [5, 5.41) is 4.06. The van der Waals surface area contributed by atoms with E-state index in [1.807, 2.05) is 49.4 Å². The summed E-state index contributed by atoms with van der Waals surface area (Å²) in [6.45, 7) is 4.16. The van der Waals surface area contributed by atoms with Crippen LogP contribution >= 0.6 is 0 Å². The van der Waals surface area contributed by atoms with Crippen LogP contribution in [-0.4, -0.2) is 32.3 Å². The molecule has 130 valence electrons. The summed E-state index contributed by atoms with van der Waals surface area (Å²) in [6, 6.07) is 13.4. The van der Waals surface area contributed by atoms with E-state index in [0.29, 0.717) is 5.56 Å². The Kier molecular flexibility index (Phi) is 5.33. The molecule has 1 aliphatic rings. The first-order valence-corrected chi connectivity index (χ1v) is 8.50. The molecule has 1 amide bonds. The summed E-state index contributed by atoms with van der Waals surface area (Å²) in [5.74, 6) is 0.590. The van der Waals surface area contributed by atoms with Crippen molar-refractivity contribution < 1.29 is 9.53 Å². The molecule has 0 atom stereocenters. The van der Waals surface area contributed by atoms with Gasteiger partial charge in [-0.15, -0.1) is 0 Å². The van der Waals surface area contributed by atoms with Gasteiger partial charge in [-0.3, -0.25) is 4.79 Å². The fourth-order valence-electron chi connectivity index (χ4n) is 2.94. The van der Waals surface area contributed by atoms with Crippen molar-refractivity contribution in [3.8, 4) is 5.75 Å². The van der Waals surface area contributed by atoms with Gasteiger partial charge in [-0.05, 0) is 73.4 Å². The Bertz CT molecular complexity index is 763. The second-order valence-electron chi connectivity index (χ2n) is 6.16. The maximum absolute atomic E-state index is 12.2. The molecule has 2 aromatic carbocycles. The Morgan fingerprint density at radius 2 is 1.88 bits per heavy atom. The largest absolute Gasteiger partial charge is 0.497 e. The second-order valence-corrected chi connectivity index (χ2v) is 6.16. The van der Waals surface area contributed by atoms with E-state index in [2.05, 4.69) is 15.4 Å². The predicted molar refractivity (Wildman–Crippen MR) is 101 cm³/mol. The third-order valence-electron chi connectivity index (χ3n) is 4.45. The Morgan fingerprint density at radius 1 is 1.16 bits per heavy atom. The molecular weight excluding hydrogens is 314 g/mol. The SMILES string of the molecule is COc1ccc(/C=N\NC(=O)c2ccc(N3CCCC3)cc2)c(C)c1. The fraction of sp³-hybridized carbons (Fsp3) is 0.300. The first-order chi connectivity index (χ1) is 12.2. The van der Waals surface area contributed by atoms with Crippen LogP contribution in [0.25, 0.3) is 0 Å². The normalized spacial score (nSPS) is 14.1. The summed E-state index contributed by atoms with van der Waals surface area (Å²) in [7, 11) is 1.64. The van der Waals surface area contributed by atoms with Gasteiger partial charge in [-0.25, -0.2) is 5.43 Å². The summed E-state index contributed by atoms with van der Waals surface area (Å²) >= 11 is 0. The molecule has 0 bridgehead atoms. The number of carbonyl (C=O) groups excluding carboxylic acids is 1. The molecule has 0 unspecified atom stereocenters. The molecular formula is C20H23N3O2. The number of rotatable bonds is 5. The lowest BCUT2D eigenvalue weighted by Crippen LogP contribution is -2.19. The number of anilines is 1. The zero-order chi connectivity index (χ0) is 17.6. The standard InChI is InChI=1S/C20H23N3O2/c1-15-13-19(25-2)10-7-17(15)14-21-22-20(24)16-5-8-18(9-6-16)23-11-3-4-12-23/h5-10,13-14H,3-4,11-12H2,1-2H3,(H,22,24)/b21-14-.